The van der Waals surface area contributed by atoms with Crippen molar-refractivity contribution in [2.24, 2.45) is 0 Å². The quantitative estimate of drug-likeness (QED) is 0.245. The Balaban J connectivity index is 1.64. The van der Waals surface area contributed by atoms with Gasteiger partial charge in [-0.05, 0) is 75.5 Å². The van der Waals surface area contributed by atoms with Gasteiger partial charge in [0.25, 0.3) is 5.56 Å². The van der Waals surface area contributed by atoms with Crippen molar-refractivity contribution in [2.45, 2.75) is 13.2 Å². The SMILES string of the molecule is COc1cc2cc(CO)c(CO)c(-c3ccnc(-n4nc(-c5ccccc5N(C)C)c5ccccc5c4=O)c3)c2cc1OC. The lowest BCUT2D eigenvalue weighted by Crippen LogP contribution is -2.23. The lowest BCUT2D eigenvalue weighted by Gasteiger charge is -2.19. The van der Waals surface area contributed by atoms with Crippen LogP contribution in [-0.2, 0) is 13.2 Å². The molecule has 44 heavy (non-hydrogen) atoms. The molecule has 0 aliphatic rings. The molecule has 2 heterocycles. The smallest absolute Gasteiger partial charge is 0.280 e. The van der Waals surface area contributed by atoms with Crippen LogP contribution in [0.15, 0.2) is 89.9 Å². The summed E-state index contributed by atoms with van der Waals surface area (Å²) in [6, 6.07) is 24.5. The summed E-state index contributed by atoms with van der Waals surface area (Å²) >= 11 is 0. The molecule has 6 aromatic rings. The zero-order chi connectivity index (χ0) is 31.0. The predicted molar refractivity (Wildman–Crippen MR) is 173 cm³/mol. The van der Waals surface area contributed by atoms with Crippen molar-refractivity contribution in [3.05, 3.63) is 107 Å². The highest BCUT2D eigenvalue weighted by Crippen LogP contribution is 2.41. The Morgan fingerprint density at radius 3 is 2.23 bits per heavy atom. The average molecular weight is 589 g/mol. The van der Waals surface area contributed by atoms with Gasteiger partial charge in [0.05, 0.1) is 32.8 Å². The maximum atomic E-state index is 13.9. The van der Waals surface area contributed by atoms with Crippen LogP contribution in [0, 0.1) is 0 Å². The third-order valence-corrected chi connectivity index (χ3v) is 7.87. The Bertz CT molecular complexity index is 2080. The molecule has 0 atom stereocenters. The fraction of sp³-hybridized carbons (Fsp3) is 0.171. The van der Waals surface area contributed by atoms with Crippen LogP contribution in [0.3, 0.4) is 0 Å². The Morgan fingerprint density at radius 1 is 0.818 bits per heavy atom. The van der Waals surface area contributed by atoms with Gasteiger partial charge in [-0.25, -0.2) is 4.98 Å². The number of rotatable bonds is 8. The standard InChI is InChI=1S/C35H32N4O5/c1-38(2)29-12-8-7-11-26(29)34-24-9-5-6-10-25(24)35(42)39(37-34)32-17-21(13-14-36-32)33-27-18-31(44-4)30(43-3)16-22(27)15-23(19-40)28(33)20-41/h5-18,40-41H,19-20H2,1-4H3. The first-order valence-corrected chi connectivity index (χ1v) is 14.1. The predicted octanol–water partition coefficient (Wildman–Crippen LogP) is 5.34. The van der Waals surface area contributed by atoms with Crippen molar-refractivity contribution in [3.63, 3.8) is 0 Å². The van der Waals surface area contributed by atoms with Gasteiger partial charge in [0, 0.05) is 36.9 Å². The molecule has 0 aliphatic heterocycles. The van der Waals surface area contributed by atoms with Crippen molar-refractivity contribution in [1.82, 2.24) is 14.8 Å². The van der Waals surface area contributed by atoms with Gasteiger partial charge < -0.3 is 24.6 Å². The number of hydrogen-bond acceptors (Lipinski definition) is 8. The molecule has 2 aromatic heterocycles. The summed E-state index contributed by atoms with van der Waals surface area (Å²) in [5.41, 5.74) is 4.68. The van der Waals surface area contributed by atoms with Crippen molar-refractivity contribution in [2.75, 3.05) is 33.2 Å². The van der Waals surface area contributed by atoms with Crippen molar-refractivity contribution >= 4 is 27.2 Å². The van der Waals surface area contributed by atoms with Crippen LogP contribution >= 0.6 is 0 Å². The van der Waals surface area contributed by atoms with Gasteiger partial charge in [-0.15, -0.1) is 0 Å². The van der Waals surface area contributed by atoms with Gasteiger partial charge in [-0.2, -0.15) is 9.78 Å². The summed E-state index contributed by atoms with van der Waals surface area (Å²) in [5.74, 6) is 1.38. The largest absolute Gasteiger partial charge is 0.493 e. The highest BCUT2D eigenvalue weighted by Gasteiger charge is 2.20. The molecule has 0 fully saturated rings. The number of aliphatic hydroxyl groups is 2. The van der Waals surface area contributed by atoms with Gasteiger partial charge in [-0.3, -0.25) is 4.79 Å². The first kappa shape index (κ1) is 28.9. The topological polar surface area (TPSA) is 110 Å². The van der Waals surface area contributed by atoms with E-state index in [-0.39, 0.29) is 18.8 Å². The van der Waals surface area contributed by atoms with Crippen molar-refractivity contribution in [1.29, 1.82) is 0 Å². The number of pyridine rings is 1. The summed E-state index contributed by atoms with van der Waals surface area (Å²) in [6.45, 7) is -0.585. The molecule has 0 unspecified atom stereocenters. The first-order valence-electron chi connectivity index (χ1n) is 14.1. The number of hydrogen-bond donors (Lipinski definition) is 2. The molecule has 4 aromatic carbocycles. The van der Waals surface area contributed by atoms with E-state index in [2.05, 4.69) is 4.98 Å². The number of ether oxygens (including phenoxy) is 2. The van der Waals surface area contributed by atoms with Crippen LogP contribution in [0.25, 0.3) is 49.7 Å². The van der Waals surface area contributed by atoms with Crippen LogP contribution in [0.5, 0.6) is 11.5 Å². The third kappa shape index (κ3) is 4.82. The van der Waals surface area contributed by atoms with Gasteiger partial charge in [-0.1, -0.05) is 36.4 Å². The molecule has 0 saturated heterocycles. The normalized spacial score (nSPS) is 11.2. The molecule has 9 nitrogen and oxygen atoms in total. The first-order chi connectivity index (χ1) is 21.4. The average Bonchev–Trinajstić information content (AvgIpc) is 3.06. The highest BCUT2D eigenvalue weighted by atomic mass is 16.5. The number of aromatic nitrogens is 3. The number of benzene rings is 4. The molecular formula is C35H32N4O5. The van der Waals surface area contributed by atoms with Crippen molar-refractivity contribution in [3.8, 4) is 39.7 Å². The summed E-state index contributed by atoms with van der Waals surface area (Å²) in [5, 5.41) is 28.5. The second-order valence-electron chi connectivity index (χ2n) is 10.6. The molecule has 0 aliphatic carbocycles. The molecule has 6 rings (SSSR count). The zero-order valence-corrected chi connectivity index (χ0v) is 24.9. The van der Waals surface area contributed by atoms with E-state index < -0.39 is 0 Å². The highest BCUT2D eigenvalue weighted by molar-refractivity contribution is 6.01. The van der Waals surface area contributed by atoms with Crippen LogP contribution < -0.4 is 19.9 Å². The van der Waals surface area contributed by atoms with Crippen molar-refractivity contribution < 1.29 is 19.7 Å². The number of methoxy groups -OCH3 is 2. The zero-order valence-electron chi connectivity index (χ0n) is 24.9. The van der Waals surface area contributed by atoms with E-state index in [9.17, 15) is 15.0 Å². The minimum Gasteiger partial charge on any atom is -0.493 e. The molecule has 0 radical (unpaired) electrons. The van der Waals surface area contributed by atoms with Gasteiger partial charge in [0.15, 0.2) is 17.3 Å². The minimum absolute atomic E-state index is 0.272. The van der Waals surface area contributed by atoms with Gasteiger partial charge in [0.2, 0.25) is 0 Å². The minimum atomic E-state index is -0.313. The van der Waals surface area contributed by atoms with E-state index in [1.165, 1.54) is 4.68 Å². The summed E-state index contributed by atoms with van der Waals surface area (Å²) in [6.07, 6.45) is 1.61. The van der Waals surface area contributed by atoms with Crippen LogP contribution in [0.4, 0.5) is 5.69 Å². The van der Waals surface area contributed by atoms with E-state index >= 15 is 0 Å². The van der Waals surface area contributed by atoms with E-state index in [0.717, 1.165) is 27.4 Å². The van der Waals surface area contributed by atoms with E-state index in [1.54, 1.807) is 32.5 Å². The van der Waals surface area contributed by atoms with E-state index in [4.69, 9.17) is 14.6 Å². The Kier molecular flexibility index (Phi) is 7.73. The number of para-hydroxylation sites is 1. The monoisotopic (exact) mass is 588 g/mol. The molecule has 0 bridgehead atoms. The van der Waals surface area contributed by atoms with E-state index in [1.807, 2.05) is 85.7 Å². The number of anilines is 1. The molecule has 2 N–H and O–H groups in total. The maximum Gasteiger partial charge on any atom is 0.280 e. The molecule has 0 amide bonds. The number of aliphatic hydroxyl groups excluding tert-OH is 2. The van der Waals surface area contributed by atoms with Crippen LogP contribution in [0.2, 0.25) is 0 Å². The molecule has 0 saturated carbocycles. The lowest BCUT2D eigenvalue weighted by atomic mass is 9.90. The second-order valence-corrected chi connectivity index (χ2v) is 10.6. The Morgan fingerprint density at radius 2 is 1.52 bits per heavy atom. The Hall–Kier alpha value is -5.25. The molecule has 0 spiro atoms. The van der Waals surface area contributed by atoms with Crippen LogP contribution in [-0.4, -0.2) is 53.3 Å². The third-order valence-electron chi connectivity index (χ3n) is 7.87. The summed E-state index contributed by atoms with van der Waals surface area (Å²) < 4.78 is 12.4. The van der Waals surface area contributed by atoms with E-state index in [0.29, 0.717) is 50.7 Å². The summed E-state index contributed by atoms with van der Waals surface area (Å²) in [4.78, 5) is 20.5. The van der Waals surface area contributed by atoms with Gasteiger partial charge in [0.1, 0.15) is 5.69 Å². The lowest BCUT2D eigenvalue weighted by molar-refractivity contribution is 0.260. The number of fused-ring (bicyclic) bond motifs is 2. The molecule has 9 heteroatoms. The fourth-order valence-corrected chi connectivity index (χ4v) is 5.78. The maximum absolute atomic E-state index is 13.9. The molecular weight excluding hydrogens is 556 g/mol. The Labute approximate surface area is 254 Å². The number of nitrogens with zero attached hydrogens (tertiary/aromatic N) is 4. The van der Waals surface area contributed by atoms with Crippen LogP contribution in [0.1, 0.15) is 11.1 Å². The summed E-state index contributed by atoms with van der Waals surface area (Å²) in [7, 11) is 7.06. The second kappa shape index (κ2) is 11.8. The molecule has 222 valence electrons. The van der Waals surface area contributed by atoms with Gasteiger partial charge >= 0.3 is 0 Å². The fourth-order valence-electron chi connectivity index (χ4n) is 5.78.